The van der Waals surface area contributed by atoms with E-state index in [2.05, 4.69) is 21.3 Å². The molecule has 0 radical (unpaired) electrons. The lowest BCUT2D eigenvalue weighted by Gasteiger charge is -2.31. The molecular weight excluding hydrogens is 672 g/mol. The van der Waals surface area contributed by atoms with Crippen molar-refractivity contribution in [1.82, 2.24) is 26.2 Å². The van der Waals surface area contributed by atoms with Crippen LogP contribution < -0.4 is 27.0 Å². The largest absolute Gasteiger partial charge is 0.508 e. The molecule has 0 unspecified atom stereocenters. The molecule has 0 aliphatic carbocycles. The van der Waals surface area contributed by atoms with E-state index in [9.17, 15) is 39.0 Å². The third kappa shape index (κ3) is 14.3. The average molecular weight is 733 g/mol. The lowest BCUT2D eigenvalue weighted by Crippen LogP contribution is -2.60. The summed E-state index contributed by atoms with van der Waals surface area (Å²) in [5.74, 6) is -3.96. The summed E-state index contributed by atoms with van der Waals surface area (Å²) in [7, 11) is 0. The van der Waals surface area contributed by atoms with Gasteiger partial charge in [0.2, 0.25) is 23.6 Å². The van der Waals surface area contributed by atoms with Crippen LogP contribution in [0.1, 0.15) is 99.0 Å². The van der Waals surface area contributed by atoms with Crippen molar-refractivity contribution in [2.45, 2.75) is 136 Å². The maximum Gasteiger partial charge on any atom is 0.408 e. The van der Waals surface area contributed by atoms with Gasteiger partial charge in [-0.15, -0.1) is 0 Å². The average Bonchev–Trinajstić information content (AvgIpc) is 3.55. The number of alkyl carbamates (subject to hydrolysis) is 1. The van der Waals surface area contributed by atoms with E-state index in [4.69, 9.17) is 10.5 Å². The molecule has 2 rings (SSSR count). The number of rotatable bonds is 19. The van der Waals surface area contributed by atoms with Crippen LogP contribution in [0.25, 0.3) is 0 Å². The molecule has 1 saturated heterocycles. The van der Waals surface area contributed by atoms with Crippen LogP contribution in [0.4, 0.5) is 4.79 Å². The van der Waals surface area contributed by atoms with Crippen LogP contribution in [0.15, 0.2) is 24.3 Å². The van der Waals surface area contributed by atoms with Crippen LogP contribution in [0.3, 0.4) is 0 Å². The smallest absolute Gasteiger partial charge is 0.408 e. The number of carbonyl (C=O) groups is 6. The number of carboxylic acids is 1. The lowest BCUT2D eigenvalue weighted by atomic mass is 9.96. The molecule has 1 aromatic carbocycles. The van der Waals surface area contributed by atoms with Crippen molar-refractivity contribution in [3.63, 3.8) is 0 Å². The van der Waals surface area contributed by atoms with Crippen molar-refractivity contribution < 1.29 is 43.7 Å². The third-order valence-electron chi connectivity index (χ3n) is 8.90. The van der Waals surface area contributed by atoms with Gasteiger partial charge in [0.05, 0.1) is 0 Å². The molecule has 1 aliphatic rings. The Hall–Kier alpha value is -4.40. The molecule has 1 aromatic rings. The minimum Gasteiger partial charge on any atom is -0.508 e. The fourth-order valence-electron chi connectivity index (χ4n) is 5.96. The summed E-state index contributed by atoms with van der Waals surface area (Å²) in [5, 5.41) is 30.3. The Morgan fingerprint density at radius 2 is 1.58 bits per heavy atom. The van der Waals surface area contributed by atoms with Gasteiger partial charge in [0.15, 0.2) is 0 Å². The zero-order chi connectivity index (χ0) is 39.2. The minimum absolute atomic E-state index is 0.0118. The first-order chi connectivity index (χ1) is 24.4. The molecule has 0 spiro atoms. The van der Waals surface area contributed by atoms with Gasteiger partial charge in [0.25, 0.3) is 0 Å². The van der Waals surface area contributed by atoms with E-state index < -0.39 is 71.5 Å². The molecule has 0 aromatic heterocycles. The first kappa shape index (κ1) is 43.8. The van der Waals surface area contributed by atoms with Gasteiger partial charge in [-0.25, -0.2) is 9.59 Å². The Bertz CT molecular complexity index is 1360. The Kier molecular flexibility index (Phi) is 17.3. The predicted molar refractivity (Wildman–Crippen MR) is 195 cm³/mol. The molecule has 52 heavy (non-hydrogen) atoms. The highest BCUT2D eigenvalue weighted by Gasteiger charge is 2.40. The highest BCUT2D eigenvalue weighted by Crippen LogP contribution is 2.22. The van der Waals surface area contributed by atoms with Gasteiger partial charge in [0.1, 0.15) is 41.6 Å². The number of aromatic hydroxyl groups is 1. The number of unbranched alkanes of at least 4 members (excludes halogenated alkanes) is 1. The second-order valence-corrected chi connectivity index (χ2v) is 15.0. The fourth-order valence-corrected chi connectivity index (χ4v) is 5.96. The topological polar surface area (TPSA) is 229 Å². The maximum absolute atomic E-state index is 14.0. The first-order valence-corrected chi connectivity index (χ1v) is 18.3. The number of phenolic OH excluding ortho intramolecular Hbond substituents is 1. The second-order valence-electron chi connectivity index (χ2n) is 15.0. The van der Waals surface area contributed by atoms with Gasteiger partial charge in [-0.05, 0) is 95.4 Å². The Morgan fingerprint density at radius 1 is 0.923 bits per heavy atom. The number of likely N-dealkylation sites (tertiary alicyclic amines) is 1. The molecule has 1 fully saturated rings. The third-order valence-corrected chi connectivity index (χ3v) is 8.90. The number of carbonyl (C=O) groups excluding carboxylic acids is 5. The van der Waals surface area contributed by atoms with Gasteiger partial charge < -0.3 is 46.9 Å². The molecule has 0 saturated carbocycles. The van der Waals surface area contributed by atoms with Crippen LogP contribution in [0.2, 0.25) is 0 Å². The van der Waals surface area contributed by atoms with Gasteiger partial charge in [-0.1, -0.05) is 46.2 Å². The summed E-state index contributed by atoms with van der Waals surface area (Å²) in [6.07, 6.45) is 2.20. The van der Waals surface area contributed by atoms with Crippen LogP contribution in [-0.2, 0) is 35.1 Å². The quantitative estimate of drug-likeness (QED) is 0.103. The molecule has 292 valence electrons. The van der Waals surface area contributed by atoms with Crippen molar-refractivity contribution in [3.8, 4) is 5.75 Å². The summed E-state index contributed by atoms with van der Waals surface area (Å²) in [6, 6.07) is 0.714. The van der Waals surface area contributed by atoms with Crippen LogP contribution in [-0.4, -0.2) is 99.7 Å². The number of benzene rings is 1. The number of nitrogens with zero attached hydrogens (tertiary/aromatic N) is 1. The first-order valence-electron chi connectivity index (χ1n) is 18.3. The molecule has 5 amide bonds. The summed E-state index contributed by atoms with van der Waals surface area (Å²) >= 11 is 0. The van der Waals surface area contributed by atoms with Crippen molar-refractivity contribution in [2.75, 3.05) is 13.1 Å². The number of amides is 5. The number of ether oxygens (including phenoxy) is 1. The van der Waals surface area contributed by atoms with E-state index in [1.807, 2.05) is 20.8 Å². The highest BCUT2D eigenvalue weighted by molar-refractivity contribution is 5.96. The molecule has 1 aliphatic heterocycles. The molecule has 1 heterocycles. The molecular formula is C37H60N6O9. The van der Waals surface area contributed by atoms with Crippen molar-refractivity contribution >= 4 is 35.7 Å². The fraction of sp³-hybridized carbons (Fsp3) is 0.676. The van der Waals surface area contributed by atoms with E-state index in [1.54, 1.807) is 39.8 Å². The number of phenols is 1. The normalized spacial score (nSPS) is 17.3. The molecule has 15 heteroatoms. The second kappa shape index (κ2) is 20.6. The van der Waals surface area contributed by atoms with Gasteiger partial charge in [-0.3, -0.25) is 19.2 Å². The number of nitrogens with one attached hydrogen (secondary N) is 4. The standard InChI is InChI=1S/C37H60N6O9/c1-8-23(4)30(33(47)40-28(35(49)50)20-22(2)3)42-31(45)27(21-24-14-16-25(44)17-15-24)39-32(46)29-13-11-19-43(29)34(48)26(12-9-10-18-38)41-36(51)52-37(5,6)7/h14-17,22-23,26-30,44H,8-13,18-21,38H2,1-7H3,(H,39,46)(H,40,47)(H,41,51)(H,42,45)(H,49,50)/t23-,26-,27-,28-,29-,30-/m0/s1. The molecule has 15 nitrogen and oxygen atoms in total. The highest BCUT2D eigenvalue weighted by atomic mass is 16.6. The van der Waals surface area contributed by atoms with Crippen molar-refractivity contribution in [1.29, 1.82) is 0 Å². The number of aliphatic carboxylic acids is 1. The van der Waals surface area contributed by atoms with Gasteiger partial charge >= 0.3 is 12.1 Å². The van der Waals surface area contributed by atoms with Crippen LogP contribution >= 0.6 is 0 Å². The van der Waals surface area contributed by atoms with E-state index in [1.165, 1.54) is 17.0 Å². The van der Waals surface area contributed by atoms with Crippen LogP contribution in [0.5, 0.6) is 5.75 Å². The van der Waals surface area contributed by atoms with Gasteiger partial charge in [-0.2, -0.15) is 0 Å². The monoisotopic (exact) mass is 732 g/mol. The summed E-state index contributed by atoms with van der Waals surface area (Å²) < 4.78 is 5.38. The number of hydrogen-bond donors (Lipinski definition) is 7. The zero-order valence-electron chi connectivity index (χ0n) is 31.7. The van der Waals surface area contributed by atoms with Crippen molar-refractivity contribution in [3.05, 3.63) is 29.8 Å². The summed E-state index contributed by atoms with van der Waals surface area (Å²) in [5.41, 5.74) is 5.47. The van der Waals surface area contributed by atoms with Crippen LogP contribution in [0, 0.1) is 11.8 Å². The number of hydrogen-bond acceptors (Lipinski definition) is 9. The van der Waals surface area contributed by atoms with E-state index in [0.29, 0.717) is 44.2 Å². The number of nitrogens with two attached hydrogens (primary N) is 1. The Morgan fingerprint density at radius 3 is 2.13 bits per heavy atom. The number of carboxylic acid groups (broad SMARTS) is 1. The Balaban J connectivity index is 2.35. The maximum atomic E-state index is 14.0. The molecule has 6 atom stereocenters. The zero-order valence-corrected chi connectivity index (χ0v) is 31.7. The Labute approximate surface area is 307 Å². The van der Waals surface area contributed by atoms with Gasteiger partial charge in [0, 0.05) is 13.0 Å². The summed E-state index contributed by atoms with van der Waals surface area (Å²) in [6.45, 7) is 13.1. The van der Waals surface area contributed by atoms with E-state index >= 15 is 0 Å². The van der Waals surface area contributed by atoms with E-state index in [0.717, 1.165) is 0 Å². The lowest BCUT2D eigenvalue weighted by molar-refractivity contribution is -0.143. The summed E-state index contributed by atoms with van der Waals surface area (Å²) in [4.78, 5) is 81.2. The minimum atomic E-state index is -1.21. The molecule has 8 N–H and O–H groups in total. The predicted octanol–water partition coefficient (Wildman–Crippen LogP) is 2.58. The van der Waals surface area contributed by atoms with Crippen molar-refractivity contribution in [2.24, 2.45) is 17.6 Å². The SMILES string of the molecule is CC[C@H](C)[C@H](NC(=O)[C@H](Cc1ccc(O)cc1)NC(=O)[C@@H]1CCCN1C(=O)[C@H](CCCCN)NC(=O)OC(C)(C)C)C(=O)N[C@@H](CC(C)C)C(=O)O. The van der Waals surface area contributed by atoms with E-state index in [-0.39, 0.29) is 43.4 Å². The molecule has 0 bridgehead atoms.